The number of likely N-dealkylation sites (N-methyl/N-ethyl adjacent to an activating group) is 1. The van der Waals surface area contributed by atoms with E-state index >= 15 is 0 Å². The van der Waals surface area contributed by atoms with Crippen LogP contribution in [0.4, 0.5) is 5.69 Å². The van der Waals surface area contributed by atoms with Crippen LogP contribution >= 0.6 is 11.3 Å². The molecule has 1 amide bonds. The Balaban J connectivity index is 1.82. The molecule has 0 saturated carbocycles. The maximum atomic E-state index is 13.0. The van der Waals surface area contributed by atoms with E-state index in [0.29, 0.717) is 0 Å². The number of nitrogens with one attached hydrogen (secondary N) is 1. The fraction of sp³-hybridized carbons (Fsp3) is 0.421. The molecule has 0 bridgehead atoms. The highest BCUT2D eigenvalue weighted by atomic mass is 32.1. The van der Waals surface area contributed by atoms with Crippen LogP contribution in [-0.2, 0) is 11.3 Å². The minimum Gasteiger partial charge on any atom is -0.370 e. The number of thiophene rings is 1. The zero-order valence-electron chi connectivity index (χ0n) is 14.4. The van der Waals surface area contributed by atoms with Crippen molar-refractivity contribution in [2.45, 2.75) is 24.9 Å². The van der Waals surface area contributed by atoms with E-state index in [-0.39, 0.29) is 5.91 Å². The lowest BCUT2D eigenvalue weighted by atomic mass is 9.87. The second-order valence-electron chi connectivity index (χ2n) is 6.67. The monoisotopic (exact) mass is 343 g/mol. The number of carbonyl (C=O) groups excluding carboxylic acids is 1. The number of nitrogens with zero attached hydrogens (tertiary/aromatic N) is 2. The molecule has 1 aliphatic heterocycles. The van der Waals surface area contributed by atoms with Gasteiger partial charge in [0.25, 0.3) is 0 Å². The first-order valence-electron chi connectivity index (χ1n) is 8.39. The van der Waals surface area contributed by atoms with Crippen LogP contribution in [0.2, 0.25) is 0 Å². The third kappa shape index (κ3) is 3.79. The maximum Gasteiger partial charge on any atom is 0.249 e. The van der Waals surface area contributed by atoms with E-state index in [1.165, 1.54) is 4.88 Å². The Labute approximate surface area is 148 Å². The molecule has 1 aromatic carbocycles. The van der Waals surface area contributed by atoms with Crippen LogP contribution < -0.4 is 5.32 Å². The van der Waals surface area contributed by atoms with E-state index in [2.05, 4.69) is 27.7 Å². The summed E-state index contributed by atoms with van der Waals surface area (Å²) in [6.07, 6.45) is 1.88. The van der Waals surface area contributed by atoms with Gasteiger partial charge < -0.3 is 10.2 Å². The van der Waals surface area contributed by atoms with Crippen molar-refractivity contribution in [3.05, 3.63) is 52.7 Å². The molecular weight excluding hydrogens is 318 g/mol. The zero-order valence-corrected chi connectivity index (χ0v) is 15.2. The molecule has 1 atom stereocenters. The quantitative estimate of drug-likeness (QED) is 0.905. The van der Waals surface area contributed by atoms with Crippen LogP contribution in [0.1, 0.15) is 17.7 Å². The number of para-hydroxylation sites is 1. The summed E-state index contributed by atoms with van der Waals surface area (Å²) >= 11 is 1.78. The smallest absolute Gasteiger partial charge is 0.249 e. The van der Waals surface area contributed by atoms with Crippen molar-refractivity contribution in [2.24, 2.45) is 0 Å². The van der Waals surface area contributed by atoms with Gasteiger partial charge in [-0.05, 0) is 43.0 Å². The summed E-state index contributed by atoms with van der Waals surface area (Å²) in [6.45, 7) is 2.68. The van der Waals surface area contributed by atoms with Gasteiger partial charge in [-0.25, -0.2) is 0 Å². The molecule has 1 fully saturated rings. The third-order valence-corrected chi connectivity index (χ3v) is 5.37. The molecule has 1 saturated heterocycles. The maximum absolute atomic E-state index is 13.0. The fourth-order valence-electron chi connectivity index (χ4n) is 3.46. The highest BCUT2D eigenvalue weighted by Crippen LogP contribution is 2.29. The normalized spacial score (nSPS) is 21.4. The average molecular weight is 343 g/mol. The number of benzene rings is 1. The van der Waals surface area contributed by atoms with Crippen molar-refractivity contribution in [3.8, 4) is 0 Å². The summed E-state index contributed by atoms with van der Waals surface area (Å²) in [7, 11) is 3.68. The Hall–Kier alpha value is -1.85. The second-order valence-corrected chi connectivity index (χ2v) is 7.70. The van der Waals surface area contributed by atoms with E-state index in [4.69, 9.17) is 0 Å². The van der Waals surface area contributed by atoms with Gasteiger partial charge >= 0.3 is 0 Å². The first-order valence-corrected chi connectivity index (χ1v) is 9.27. The van der Waals surface area contributed by atoms with Gasteiger partial charge in [0, 0.05) is 37.7 Å². The predicted octanol–water partition coefficient (Wildman–Crippen LogP) is 3.28. The second kappa shape index (κ2) is 7.36. The molecule has 1 N–H and O–H groups in total. The Bertz CT molecular complexity index is 657. The topological polar surface area (TPSA) is 35.6 Å². The van der Waals surface area contributed by atoms with Gasteiger partial charge in [-0.15, -0.1) is 11.3 Å². The molecule has 24 heavy (non-hydrogen) atoms. The van der Waals surface area contributed by atoms with Crippen LogP contribution in [0.25, 0.3) is 0 Å². The highest BCUT2D eigenvalue weighted by Gasteiger charge is 2.43. The van der Waals surface area contributed by atoms with Gasteiger partial charge in [0.2, 0.25) is 5.91 Å². The Morgan fingerprint density at radius 1 is 1.25 bits per heavy atom. The molecule has 0 aliphatic carbocycles. The van der Waals surface area contributed by atoms with Crippen molar-refractivity contribution >= 4 is 22.9 Å². The number of rotatable bonds is 5. The molecule has 1 aliphatic rings. The highest BCUT2D eigenvalue weighted by molar-refractivity contribution is 7.09. The SMILES string of the molecule is CN(C)C(=O)C1(Nc2ccccc2)CCCN(Cc2cccs2)C1. The molecule has 3 rings (SSSR count). The standard InChI is InChI=1S/C19H25N3OS/c1-21(2)18(23)19(20-16-8-4-3-5-9-16)11-7-12-22(15-19)14-17-10-6-13-24-17/h3-6,8-10,13,20H,7,11-12,14-15H2,1-2H3. The van der Waals surface area contributed by atoms with Gasteiger partial charge in [0.15, 0.2) is 0 Å². The molecule has 5 heteroatoms. The van der Waals surface area contributed by atoms with E-state index < -0.39 is 5.54 Å². The van der Waals surface area contributed by atoms with Gasteiger partial charge in [-0.3, -0.25) is 9.69 Å². The molecule has 4 nitrogen and oxygen atoms in total. The predicted molar refractivity (Wildman–Crippen MR) is 100 cm³/mol. The Morgan fingerprint density at radius 2 is 2.04 bits per heavy atom. The molecule has 0 spiro atoms. The summed E-state index contributed by atoms with van der Waals surface area (Å²) < 4.78 is 0. The summed E-state index contributed by atoms with van der Waals surface area (Å²) in [5.41, 5.74) is 0.450. The van der Waals surface area contributed by atoms with E-state index in [9.17, 15) is 4.79 Å². The Morgan fingerprint density at radius 3 is 2.71 bits per heavy atom. The Kier molecular flexibility index (Phi) is 5.21. The lowest BCUT2D eigenvalue weighted by Crippen LogP contribution is -2.61. The van der Waals surface area contributed by atoms with Crippen LogP contribution in [0.3, 0.4) is 0 Å². The van der Waals surface area contributed by atoms with Gasteiger partial charge in [0.1, 0.15) is 5.54 Å². The molecule has 1 unspecified atom stereocenters. The number of carbonyl (C=O) groups is 1. The fourth-order valence-corrected chi connectivity index (χ4v) is 4.20. The first kappa shape index (κ1) is 17.0. The van der Waals surface area contributed by atoms with Crippen molar-refractivity contribution < 1.29 is 4.79 Å². The van der Waals surface area contributed by atoms with Crippen LogP contribution in [0.5, 0.6) is 0 Å². The molecule has 2 heterocycles. The van der Waals surface area contributed by atoms with Crippen molar-refractivity contribution in [1.82, 2.24) is 9.80 Å². The molecule has 1 aromatic heterocycles. The molecule has 0 radical (unpaired) electrons. The lowest BCUT2D eigenvalue weighted by molar-refractivity contribution is -0.135. The van der Waals surface area contributed by atoms with Crippen LogP contribution in [-0.4, -0.2) is 48.4 Å². The third-order valence-electron chi connectivity index (χ3n) is 4.50. The number of likely N-dealkylation sites (tertiary alicyclic amines) is 1. The average Bonchev–Trinajstić information content (AvgIpc) is 3.08. The van der Waals surface area contributed by atoms with Crippen molar-refractivity contribution in [3.63, 3.8) is 0 Å². The zero-order chi connectivity index (χ0) is 17.0. The van der Waals surface area contributed by atoms with Crippen LogP contribution in [0.15, 0.2) is 47.8 Å². The minimum atomic E-state index is -0.555. The summed E-state index contributed by atoms with van der Waals surface area (Å²) in [5, 5.41) is 5.67. The first-order chi connectivity index (χ1) is 11.6. The van der Waals surface area contributed by atoms with Crippen LogP contribution in [0, 0.1) is 0 Å². The molecule has 128 valence electrons. The van der Waals surface area contributed by atoms with Crippen molar-refractivity contribution in [1.29, 1.82) is 0 Å². The summed E-state index contributed by atoms with van der Waals surface area (Å²) in [4.78, 5) is 18.5. The van der Waals surface area contributed by atoms with Gasteiger partial charge in [0.05, 0.1) is 0 Å². The lowest BCUT2D eigenvalue weighted by Gasteiger charge is -2.43. The molecule has 2 aromatic rings. The number of amides is 1. The summed E-state index contributed by atoms with van der Waals surface area (Å²) in [5.74, 6) is 0.155. The summed E-state index contributed by atoms with van der Waals surface area (Å²) in [6, 6.07) is 14.3. The number of hydrogen-bond acceptors (Lipinski definition) is 4. The minimum absolute atomic E-state index is 0.155. The van der Waals surface area contributed by atoms with Gasteiger partial charge in [-0.1, -0.05) is 24.3 Å². The van der Waals surface area contributed by atoms with E-state index in [1.54, 1.807) is 16.2 Å². The number of piperidine rings is 1. The number of anilines is 1. The van der Waals surface area contributed by atoms with E-state index in [1.807, 2.05) is 44.4 Å². The van der Waals surface area contributed by atoms with E-state index in [0.717, 1.165) is 38.2 Å². The molecular formula is C19H25N3OS. The largest absolute Gasteiger partial charge is 0.370 e. The van der Waals surface area contributed by atoms with Gasteiger partial charge in [-0.2, -0.15) is 0 Å². The van der Waals surface area contributed by atoms with Crippen molar-refractivity contribution in [2.75, 3.05) is 32.5 Å². The number of hydrogen-bond donors (Lipinski definition) is 1.